The Bertz CT molecular complexity index is 386. The van der Waals surface area contributed by atoms with Crippen LogP contribution in [-0.2, 0) is 0 Å². The number of fused-ring (bicyclic) bond motifs is 1. The molecule has 1 heterocycles. The molecule has 0 amide bonds. The van der Waals surface area contributed by atoms with Crippen molar-refractivity contribution in [1.29, 1.82) is 5.26 Å². The third-order valence-electron chi connectivity index (χ3n) is 1.65. The predicted octanol–water partition coefficient (Wildman–Crippen LogP) is 1.45. The zero-order valence-corrected chi connectivity index (χ0v) is 6.23. The molecular weight excluding hydrogens is 150 g/mol. The van der Waals surface area contributed by atoms with Gasteiger partial charge in [0.05, 0.1) is 11.6 Å². The highest BCUT2D eigenvalue weighted by Gasteiger charge is 2.03. The number of aromatic nitrogens is 2. The second-order valence-corrected chi connectivity index (χ2v) is 2.44. The van der Waals surface area contributed by atoms with Gasteiger partial charge < -0.3 is 0 Å². The van der Waals surface area contributed by atoms with Gasteiger partial charge >= 0.3 is 0 Å². The quantitative estimate of drug-likeness (QED) is 0.578. The summed E-state index contributed by atoms with van der Waals surface area (Å²) in [5.74, 6) is 0. The van der Waals surface area contributed by atoms with E-state index in [9.17, 15) is 0 Å². The summed E-state index contributed by atoms with van der Waals surface area (Å²) in [7, 11) is 0. The maximum absolute atomic E-state index is 8.61. The number of nitriles is 1. The van der Waals surface area contributed by atoms with Crippen LogP contribution in [0.4, 0.5) is 0 Å². The molecule has 0 spiro atoms. The highest BCUT2D eigenvalue weighted by Crippen LogP contribution is 2.22. The molecule has 12 heavy (non-hydrogen) atoms. The Morgan fingerprint density at radius 1 is 1.08 bits per heavy atom. The molecule has 0 atom stereocenters. The smallest absolute Gasteiger partial charge is 0.115 e. The molecule has 3 nitrogen and oxygen atoms in total. The predicted molar refractivity (Wildman–Crippen MR) is 43.4 cm³/mol. The number of nitrogens with zero attached hydrogens (tertiary/aromatic N) is 3. The van der Waals surface area contributed by atoms with Crippen molar-refractivity contribution in [3.8, 4) is 17.2 Å². The van der Waals surface area contributed by atoms with Crippen molar-refractivity contribution >= 4 is 0 Å². The van der Waals surface area contributed by atoms with Crippen molar-refractivity contribution in [2.24, 2.45) is 0 Å². The van der Waals surface area contributed by atoms with Crippen LogP contribution in [0.2, 0.25) is 0 Å². The lowest BCUT2D eigenvalue weighted by Crippen LogP contribution is -1.63. The minimum absolute atomic E-state index is 0.653. The lowest BCUT2D eigenvalue weighted by molar-refractivity contribution is 1.23. The second kappa shape index (κ2) is 2.59. The molecule has 0 saturated carbocycles. The monoisotopic (exact) mass is 155 g/mol. The fourth-order valence-electron chi connectivity index (χ4n) is 1.10. The number of hydrogen-bond acceptors (Lipinski definition) is 3. The molecule has 0 aromatic rings. The molecule has 0 saturated heterocycles. The SMILES string of the molecule is N#Cc1cc2cncncc-2c1. The first-order chi connectivity index (χ1) is 5.90. The molecule has 0 aromatic heterocycles. The van der Waals surface area contributed by atoms with E-state index in [-0.39, 0.29) is 0 Å². The minimum Gasteiger partial charge on any atom is -0.244 e. The van der Waals surface area contributed by atoms with E-state index in [0.29, 0.717) is 5.56 Å². The molecule has 2 rings (SSSR count). The average molecular weight is 155 g/mol. The standard InChI is InChI=1S/C9H5N3/c10-3-7-1-8-4-11-6-12-5-9(8)2-7/h1-2,4-6H. The second-order valence-electron chi connectivity index (χ2n) is 2.44. The van der Waals surface area contributed by atoms with Gasteiger partial charge in [-0.1, -0.05) is 0 Å². The fraction of sp³-hybridized carbons (Fsp3) is 0. The normalized spacial score (nSPS) is 9.58. The summed E-state index contributed by atoms with van der Waals surface area (Å²) in [5, 5.41) is 8.61. The molecule has 0 bridgehead atoms. The van der Waals surface area contributed by atoms with E-state index in [1.54, 1.807) is 24.5 Å². The molecule has 2 aliphatic rings. The van der Waals surface area contributed by atoms with Crippen molar-refractivity contribution < 1.29 is 0 Å². The Hall–Kier alpha value is -1.95. The van der Waals surface area contributed by atoms with Gasteiger partial charge in [0, 0.05) is 23.5 Å². The lowest BCUT2D eigenvalue weighted by atomic mass is 10.2. The molecule has 0 aromatic carbocycles. The fourth-order valence-corrected chi connectivity index (χ4v) is 1.10. The number of hydrogen-bond donors (Lipinski definition) is 0. The van der Waals surface area contributed by atoms with Crippen LogP contribution in [0.1, 0.15) is 5.56 Å². The van der Waals surface area contributed by atoms with Gasteiger partial charge in [-0.05, 0) is 12.1 Å². The van der Waals surface area contributed by atoms with E-state index in [0.717, 1.165) is 11.1 Å². The third-order valence-corrected chi connectivity index (χ3v) is 1.65. The van der Waals surface area contributed by atoms with E-state index >= 15 is 0 Å². The average Bonchev–Trinajstić information content (AvgIpc) is 2.37. The van der Waals surface area contributed by atoms with Crippen molar-refractivity contribution in [1.82, 2.24) is 9.97 Å². The van der Waals surface area contributed by atoms with Crippen LogP contribution in [0.25, 0.3) is 11.1 Å². The Kier molecular flexibility index (Phi) is 1.45. The Labute approximate surface area is 69.7 Å². The lowest BCUT2D eigenvalue weighted by Gasteiger charge is -1.83. The topological polar surface area (TPSA) is 49.6 Å². The van der Waals surface area contributed by atoms with Crippen LogP contribution < -0.4 is 0 Å². The van der Waals surface area contributed by atoms with E-state index < -0.39 is 0 Å². The summed E-state index contributed by atoms with van der Waals surface area (Å²) in [6, 6.07) is 5.66. The molecule has 1 aliphatic heterocycles. The first-order valence-corrected chi connectivity index (χ1v) is 3.49. The van der Waals surface area contributed by atoms with E-state index in [1.807, 2.05) is 0 Å². The molecule has 56 valence electrons. The third kappa shape index (κ3) is 0.995. The van der Waals surface area contributed by atoms with E-state index in [4.69, 9.17) is 5.26 Å². The van der Waals surface area contributed by atoms with Crippen molar-refractivity contribution in [3.05, 3.63) is 36.4 Å². The van der Waals surface area contributed by atoms with Gasteiger partial charge in [0.2, 0.25) is 0 Å². The van der Waals surface area contributed by atoms with Gasteiger partial charge in [-0.25, -0.2) is 9.97 Å². The molecule has 0 N–H and O–H groups in total. The molecule has 3 heteroatoms. The summed E-state index contributed by atoms with van der Waals surface area (Å²) in [5.41, 5.74) is 2.55. The Morgan fingerprint density at radius 3 is 2.17 bits per heavy atom. The molecule has 0 radical (unpaired) electrons. The summed E-state index contributed by atoms with van der Waals surface area (Å²) in [6.45, 7) is 0. The first-order valence-electron chi connectivity index (χ1n) is 3.49. The molecular formula is C9H5N3. The van der Waals surface area contributed by atoms with E-state index in [2.05, 4.69) is 16.0 Å². The van der Waals surface area contributed by atoms with Gasteiger partial charge in [0.1, 0.15) is 6.33 Å². The summed E-state index contributed by atoms with van der Waals surface area (Å²) in [6.07, 6.45) is 4.87. The zero-order chi connectivity index (χ0) is 8.39. The Balaban J connectivity index is 2.71. The van der Waals surface area contributed by atoms with Crippen LogP contribution in [-0.4, -0.2) is 9.97 Å². The van der Waals surface area contributed by atoms with Gasteiger partial charge in [-0.15, -0.1) is 0 Å². The molecule has 0 fully saturated rings. The summed E-state index contributed by atoms with van der Waals surface area (Å²) < 4.78 is 0. The van der Waals surface area contributed by atoms with Crippen LogP contribution in [0, 0.1) is 11.3 Å². The maximum atomic E-state index is 8.61. The first kappa shape index (κ1) is 6.74. The van der Waals surface area contributed by atoms with Crippen LogP contribution in [0.3, 0.4) is 0 Å². The van der Waals surface area contributed by atoms with Crippen LogP contribution in [0.15, 0.2) is 30.9 Å². The van der Waals surface area contributed by atoms with Crippen LogP contribution in [0.5, 0.6) is 0 Å². The largest absolute Gasteiger partial charge is 0.244 e. The summed E-state index contributed by atoms with van der Waals surface area (Å²) >= 11 is 0. The minimum atomic E-state index is 0.653. The molecule has 0 unspecified atom stereocenters. The maximum Gasteiger partial charge on any atom is 0.115 e. The highest BCUT2D eigenvalue weighted by molar-refractivity contribution is 5.68. The Morgan fingerprint density at radius 2 is 1.67 bits per heavy atom. The molecule has 1 aliphatic carbocycles. The zero-order valence-electron chi connectivity index (χ0n) is 6.23. The van der Waals surface area contributed by atoms with Crippen LogP contribution >= 0.6 is 0 Å². The van der Waals surface area contributed by atoms with Gasteiger partial charge in [0.25, 0.3) is 0 Å². The van der Waals surface area contributed by atoms with Crippen molar-refractivity contribution in [3.63, 3.8) is 0 Å². The van der Waals surface area contributed by atoms with Gasteiger partial charge in [-0.2, -0.15) is 5.26 Å². The summed E-state index contributed by atoms with van der Waals surface area (Å²) in [4.78, 5) is 7.80. The van der Waals surface area contributed by atoms with Gasteiger partial charge in [0.15, 0.2) is 0 Å². The highest BCUT2D eigenvalue weighted by atomic mass is 14.8. The van der Waals surface area contributed by atoms with E-state index in [1.165, 1.54) is 6.33 Å². The van der Waals surface area contributed by atoms with Crippen molar-refractivity contribution in [2.45, 2.75) is 0 Å². The van der Waals surface area contributed by atoms with Gasteiger partial charge in [-0.3, -0.25) is 0 Å². The van der Waals surface area contributed by atoms with Crippen molar-refractivity contribution in [2.75, 3.05) is 0 Å². The number of rotatable bonds is 0.